The molecule has 3 heteroatoms. The van der Waals surface area contributed by atoms with Gasteiger partial charge in [0.25, 0.3) is 0 Å². The van der Waals surface area contributed by atoms with E-state index in [-0.39, 0.29) is 5.78 Å². The fraction of sp³-hybridized carbons (Fsp3) is 0.133. The number of hydrogen-bond acceptors (Lipinski definition) is 2. The van der Waals surface area contributed by atoms with Crippen LogP contribution < -0.4 is 4.74 Å². The highest BCUT2D eigenvalue weighted by Crippen LogP contribution is 2.27. The molecule has 0 radical (unpaired) electrons. The quantitative estimate of drug-likeness (QED) is 0.771. The van der Waals surface area contributed by atoms with E-state index in [1.807, 2.05) is 24.3 Å². The summed E-state index contributed by atoms with van der Waals surface area (Å²) in [5, 5.41) is 0.485. The van der Waals surface area contributed by atoms with Crippen molar-refractivity contribution in [1.82, 2.24) is 0 Å². The zero-order chi connectivity index (χ0) is 12.5. The third kappa shape index (κ3) is 1.89. The van der Waals surface area contributed by atoms with E-state index in [9.17, 15) is 4.79 Å². The summed E-state index contributed by atoms with van der Waals surface area (Å²) >= 11 is 6.04. The number of halogens is 1. The highest BCUT2D eigenvalue weighted by atomic mass is 35.5. The van der Waals surface area contributed by atoms with Gasteiger partial charge in [-0.2, -0.15) is 0 Å². The van der Waals surface area contributed by atoms with E-state index in [0.29, 0.717) is 22.8 Å². The Balaban J connectivity index is 2.01. The van der Waals surface area contributed by atoms with E-state index in [4.69, 9.17) is 16.3 Å². The second kappa shape index (κ2) is 4.46. The number of ether oxygens (including phenoxy) is 1. The van der Waals surface area contributed by atoms with Crippen LogP contribution in [0.1, 0.15) is 21.5 Å². The van der Waals surface area contributed by atoms with Crippen LogP contribution in [-0.2, 0) is 6.42 Å². The maximum Gasteiger partial charge on any atom is 0.194 e. The third-order valence-electron chi connectivity index (χ3n) is 3.07. The minimum atomic E-state index is -0.0460. The molecule has 18 heavy (non-hydrogen) atoms. The lowest BCUT2D eigenvalue weighted by atomic mass is 10.0. The molecule has 0 N–H and O–H groups in total. The average Bonchev–Trinajstić information content (AvgIpc) is 2.85. The highest BCUT2D eigenvalue weighted by Gasteiger charge is 2.17. The summed E-state index contributed by atoms with van der Waals surface area (Å²) in [5.74, 6) is 0.834. The SMILES string of the molecule is O=C(c1ccc2c(c1)CCO2)c1ccccc1Cl. The summed E-state index contributed by atoms with van der Waals surface area (Å²) in [4.78, 5) is 12.3. The molecule has 0 amide bonds. The van der Waals surface area contributed by atoms with Crippen LogP contribution in [0.3, 0.4) is 0 Å². The Labute approximate surface area is 110 Å². The fourth-order valence-electron chi connectivity index (χ4n) is 2.13. The molecule has 3 rings (SSSR count). The Morgan fingerprint density at radius 2 is 2.00 bits per heavy atom. The molecule has 0 atom stereocenters. The van der Waals surface area contributed by atoms with E-state index in [2.05, 4.69) is 0 Å². The second-order valence-corrected chi connectivity index (χ2v) is 4.64. The summed E-state index contributed by atoms with van der Waals surface area (Å²) in [6.07, 6.45) is 0.860. The van der Waals surface area contributed by atoms with E-state index in [1.54, 1.807) is 18.2 Å². The first-order valence-corrected chi connectivity index (χ1v) is 6.18. The van der Waals surface area contributed by atoms with Gasteiger partial charge in [0, 0.05) is 17.5 Å². The molecule has 1 aliphatic heterocycles. The Kier molecular flexibility index (Phi) is 2.80. The average molecular weight is 259 g/mol. The van der Waals surface area contributed by atoms with Gasteiger partial charge in [-0.15, -0.1) is 0 Å². The zero-order valence-corrected chi connectivity index (χ0v) is 10.4. The molecule has 0 saturated heterocycles. The number of hydrogen-bond donors (Lipinski definition) is 0. The molecule has 0 spiro atoms. The number of fused-ring (bicyclic) bond motifs is 1. The van der Waals surface area contributed by atoms with Crippen molar-refractivity contribution in [3.63, 3.8) is 0 Å². The molecule has 0 aromatic heterocycles. The third-order valence-corrected chi connectivity index (χ3v) is 3.40. The van der Waals surface area contributed by atoms with Gasteiger partial charge in [0.05, 0.1) is 11.6 Å². The van der Waals surface area contributed by atoms with Crippen LogP contribution in [0.4, 0.5) is 0 Å². The van der Waals surface area contributed by atoms with Crippen molar-refractivity contribution in [3.05, 3.63) is 64.2 Å². The van der Waals surface area contributed by atoms with Gasteiger partial charge in [-0.1, -0.05) is 23.7 Å². The summed E-state index contributed by atoms with van der Waals surface area (Å²) in [7, 11) is 0. The van der Waals surface area contributed by atoms with Crippen LogP contribution in [-0.4, -0.2) is 12.4 Å². The van der Waals surface area contributed by atoms with Crippen molar-refractivity contribution in [1.29, 1.82) is 0 Å². The van der Waals surface area contributed by atoms with Crippen molar-refractivity contribution < 1.29 is 9.53 Å². The Bertz CT molecular complexity index is 620. The van der Waals surface area contributed by atoms with Crippen LogP contribution >= 0.6 is 11.6 Å². The normalized spacial score (nSPS) is 12.9. The number of carbonyl (C=O) groups is 1. The first kappa shape index (κ1) is 11.3. The molecule has 2 aromatic carbocycles. The minimum absolute atomic E-state index is 0.0460. The highest BCUT2D eigenvalue weighted by molar-refractivity contribution is 6.35. The van der Waals surface area contributed by atoms with Crippen molar-refractivity contribution >= 4 is 17.4 Å². The van der Waals surface area contributed by atoms with Crippen LogP contribution in [0.5, 0.6) is 5.75 Å². The summed E-state index contributed by atoms with van der Waals surface area (Å²) in [6.45, 7) is 0.694. The Morgan fingerprint density at radius 3 is 2.83 bits per heavy atom. The predicted octanol–water partition coefficient (Wildman–Crippen LogP) is 3.51. The monoisotopic (exact) mass is 258 g/mol. The maximum atomic E-state index is 12.3. The molecule has 0 aliphatic carbocycles. The van der Waals surface area contributed by atoms with Crippen LogP contribution in [0, 0.1) is 0 Å². The van der Waals surface area contributed by atoms with Crippen molar-refractivity contribution in [2.45, 2.75) is 6.42 Å². The predicted molar refractivity (Wildman–Crippen MR) is 70.5 cm³/mol. The van der Waals surface area contributed by atoms with Gasteiger partial charge in [0.2, 0.25) is 0 Å². The first-order valence-electron chi connectivity index (χ1n) is 5.80. The number of benzene rings is 2. The summed E-state index contributed by atoms with van der Waals surface area (Å²) in [6, 6.07) is 12.6. The van der Waals surface area contributed by atoms with Crippen molar-refractivity contribution in [2.75, 3.05) is 6.61 Å². The minimum Gasteiger partial charge on any atom is -0.493 e. The molecule has 0 fully saturated rings. The molecular weight excluding hydrogens is 248 g/mol. The van der Waals surface area contributed by atoms with E-state index in [0.717, 1.165) is 17.7 Å². The molecule has 90 valence electrons. The Hall–Kier alpha value is -1.80. The molecule has 2 nitrogen and oxygen atoms in total. The van der Waals surface area contributed by atoms with E-state index < -0.39 is 0 Å². The second-order valence-electron chi connectivity index (χ2n) is 4.23. The first-order chi connectivity index (χ1) is 8.75. The molecular formula is C15H11ClO2. The van der Waals surface area contributed by atoms with Gasteiger partial charge < -0.3 is 4.74 Å². The van der Waals surface area contributed by atoms with Gasteiger partial charge in [-0.05, 0) is 35.9 Å². The summed E-state index contributed by atoms with van der Waals surface area (Å²) < 4.78 is 5.43. The van der Waals surface area contributed by atoms with Gasteiger partial charge in [0.1, 0.15) is 5.75 Å². The lowest BCUT2D eigenvalue weighted by Gasteiger charge is -2.05. The maximum absolute atomic E-state index is 12.3. The molecule has 0 unspecified atom stereocenters. The molecule has 1 heterocycles. The van der Waals surface area contributed by atoms with E-state index in [1.165, 1.54) is 0 Å². The smallest absolute Gasteiger partial charge is 0.194 e. The number of ketones is 1. The largest absolute Gasteiger partial charge is 0.493 e. The van der Waals surface area contributed by atoms with Gasteiger partial charge in [0.15, 0.2) is 5.78 Å². The summed E-state index contributed by atoms with van der Waals surface area (Å²) in [5.41, 5.74) is 2.29. The van der Waals surface area contributed by atoms with Gasteiger partial charge >= 0.3 is 0 Å². The lowest BCUT2D eigenvalue weighted by molar-refractivity contribution is 0.103. The van der Waals surface area contributed by atoms with Crippen LogP contribution in [0.25, 0.3) is 0 Å². The van der Waals surface area contributed by atoms with E-state index >= 15 is 0 Å². The number of carbonyl (C=O) groups excluding carboxylic acids is 1. The van der Waals surface area contributed by atoms with Crippen molar-refractivity contribution in [3.8, 4) is 5.75 Å². The van der Waals surface area contributed by atoms with Crippen LogP contribution in [0.15, 0.2) is 42.5 Å². The number of rotatable bonds is 2. The van der Waals surface area contributed by atoms with Crippen molar-refractivity contribution in [2.24, 2.45) is 0 Å². The lowest BCUT2D eigenvalue weighted by Crippen LogP contribution is -2.02. The zero-order valence-electron chi connectivity index (χ0n) is 9.65. The fourth-order valence-corrected chi connectivity index (χ4v) is 2.35. The Morgan fingerprint density at radius 1 is 1.17 bits per heavy atom. The van der Waals surface area contributed by atoms with Crippen LogP contribution in [0.2, 0.25) is 5.02 Å². The van der Waals surface area contributed by atoms with Gasteiger partial charge in [-0.25, -0.2) is 0 Å². The standard InChI is InChI=1S/C15H11ClO2/c16-13-4-2-1-3-12(13)15(17)11-5-6-14-10(9-11)7-8-18-14/h1-6,9H,7-8H2. The molecule has 0 saturated carbocycles. The topological polar surface area (TPSA) is 26.3 Å². The molecule has 0 bridgehead atoms. The molecule has 1 aliphatic rings. The molecule has 2 aromatic rings. The van der Waals surface area contributed by atoms with Gasteiger partial charge in [-0.3, -0.25) is 4.79 Å².